The summed E-state index contributed by atoms with van der Waals surface area (Å²) in [7, 11) is 2.53. The molecule has 9 heteroatoms. The molecule has 0 atom stereocenters. The summed E-state index contributed by atoms with van der Waals surface area (Å²) < 4.78 is 9.24. The molecule has 0 unspecified atom stereocenters. The van der Waals surface area contributed by atoms with E-state index in [9.17, 15) is 24.0 Å². The predicted octanol–water partition coefficient (Wildman–Crippen LogP) is 1.75. The summed E-state index contributed by atoms with van der Waals surface area (Å²) in [5.41, 5.74) is 1.80. The van der Waals surface area contributed by atoms with Gasteiger partial charge >= 0.3 is 29.8 Å². The average Bonchev–Trinajstić information content (AvgIpc) is 2.97. The van der Waals surface area contributed by atoms with Crippen LogP contribution in [0.15, 0.2) is 48.5 Å². The van der Waals surface area contributed by atoms with Crippen LogP contribution in [-0.2, 0) is 32.2 Å². The molecule has 0 aromatic heterocycles. The fourth-order valence-corrected chi connectivity index (χ4v) is 2.92. The van der Waals surface area contributed by atoms with Gasteiger partial charge in [0.25, 0.3) is 0 Å². The van der Waals surface area contributed by atoms with Crippen LogP contribution in [0.1, 0.15) is 31.8 Å². The van der Waals surface area contributed by atoms with Crippen LogP contribution in [0.4, 0.5) is 4.79 Å². The summed E-state index contributed by atoms with van der Waals surface area (Å²) >= 11 is 0. The maximum atomic E-state index is 12.6. The molecule has 9 nitrogen and oxygen atoms in total. The van der Waals surface area contributed by atoms with Gasteiger partial charge in [-0.2, -0.15) is 0 Å². The number of benzene rings is 2. The number of hydrogen-bond acceptors (Lipinski definition) is 7. The molecule has 30 heavy (non-hydrogen) atoms. The van der Waals surface area contributed by atoms with E-state index < -0.39 is 29.8 Å². The molecule has 154 valence electrons. The Balaban J connectivity index is 1.71. The van der Waals surface area contributed by atoms with Gasteiger partial charge in [0.15, 0.2) is 0 Å². The third-order valence-electron chi connectivity index (χ3n) is 4.57. The minimum absolute atomic E-state index is 0.108. The van der Waals surface area contributed by atoms with Crippen molar-refractivity contribution in [1.82, 2.24) is 9.80 Å². The van der Waals surface area contributed by atoms with Crippen LogP contribution in [0.3, 0.4) is 0 Å². The first-order valence-electron chi connectivity index (χ1n) is 8.87. The SMILES string of the molecule is COC(=O)c1ccc(CN2C(=O)C(=O)N(Cc3ccc(C(=O)OC)cc3)C2=O)cc1. The quantitative estimate of drug-likeness (QED) is 0.405. The molecule has 0 N–H and O–H groups in total. The highest BCUT2D eigenvalue weighted by atomic mass is 16.5. The number of urea groups is 1. The van der Waals surface area contributed by atoms with E-state index in [1.54, 1.807) is 24.3 Å². The second kappa shape index (κ2) is 8.56. The van der Waals surface area contributed by atoms with E-state index in [0.717, 1.165) is 9.80 Å². The number of rotatable bonds is 6. The smallest absolute Gasteiger partial charge is 0.337 e. The highest BCUT2D eigenvalue weighted by Gasteiger charge is 2.44. The molecule has 4 amide bonds. The van der Waals surface area contributed by atoms with Crippen LogP contribution in [0, 0.1) is 0 Å². The van der Waals surface area contributed by atoms with Crippen molar-refractivity contribution in [2.24, 2.45) is 0 Å². The highest BCUT2D eigenvalue weighted by molar-refractivity contribution is 6.44. The molecule has 1 heterocycles. The van der Waals surface area contributed by atoms with Crippen LogP contribution in [-0.4, -0.2) is 53.8 Å². The molecule has 0 radical (unpaired) electrons. The Labute approximate surface area is 171 Å². The number of imide groups is 2. The number of methoxy groups -OCH3 is 2. The van der Waals surface area contributed by atoms with E-state index in [1.807, 2.05) is 0 Å². The van der Waals surface area contributed by atoms with Gasteiger partial charge in [-0.25, -0.2) is 14.4 Å². The minimum atomic E-state index is -0.928. The Hall–Kier alpha value is -4.01. The molecule has 3 rings (SSSR count). The van der Waals surface area contributed by atoms with E-state index >= 15 is 0 Å². The molecule has 1 fully saturated rings. The highest BCUT2D eigenvalue weighted by Crippen LogP contribution is 2.19. The van der Waals surface area contributed by atoms with E-state index in [2.05, 4.69) is 9.47 Å². The second-order valence-corrected chi connectivity index (χ2v) is 6.44. The lowest BCUT2D eigenvalue weighted by atomic mass is 10.1. The third kappa shape index (κ3) is 4.04. The van der Waals surface area contributed by atoms with Crippen LogP contribution in [0.2, 0.25) is 0 Å². The maximum Gasteiger partial charge on any atom is 0.337 e. The van der Waals surface area contributed by atoms with Gasteiger partial charge in [0.2, 0.25) is 0 Å². The molecule has 0 aliphatic carbocycles. The molecule has 2 aromatic carbocycles. The number of carbonyl (C=O) groups is 5. The van der Waals surface area contributed by atoms with Gasteiger partial charge in [0.1, 0.15) is 0 Å². The van der Waals surface area contributed by atoms with Crippen molar-refractivity contribution >= 4 is 29.8 Å². The van der Waals surface area contributed by atoms with Gasteiger partial charge in [0.05, 0.1) is 38.4 Å². The third-order valence-corrected chi connectivity index (χ3v) is 4.57. The van der Waals surface area contributed by atoms with Gasteiger partial charge in [0, 0.05) is 0 Å². The summed E-state index contributed by atoms with van der Waals surface area (Å²) in [6.45, 7) is -0.217. The summed E-state index contributed by atoms with van der Waals surface area (Å²) in [5, 5.41) is 0. The lowest BCUT2D eigenvalue weighted by molar-refractivity contribution is -0.143. The Kier molecular flexibility index (Phi) is 5.91. The maximum absolute atomic E-state index is 12.6. The lowest BCUT2D eigenvalue weighted by Crippen LogP contribution is -2.32. The number of nitrogens with zero attached hydrogens (tertiary/aromatic N) is 2. The zero-order valence-electron chi connectivity index (χ0n) is 16.3. The van der Waals surface area contributed by atoms with Crippen molar-refractivity contribution in [2.45, 2.75) is 13.1 Å². The van der Waals surface area contributed by atoms with Crippen LogP contribution >= 0.6 is 0 Å². The van der Waals surface area contributed by atoms with Crippen molar-refractivity contribution < 1.29 is 33.4 Å². The van der Waals surface area contributed by atoms with Gasteiger partial charge < -0.3 is 9.47 Å². The molecule has 2 aromatic rings. The molecule has 0 spiro atoms. The summed E-state index contributed by atoms with van der Waals surface area (Å²) in [5.74, 6) is -2.87. The van der Waals surface area contributed by atoms with E-state index in [1.165, 1.54) is 38.5 Å². The number of carbonyl (C=O) groups excluding carboxylic acids is 5. The molecular formula is C21H18N2O7. The zero-order valence-corrected chi connectivity index (χ0v) is 16.3. The van der Waals surface area contributed by atoms with Crippen molar-refractivity contribution in [1.29, 1.82) is 0 Å². The Bertz CT molecular complexity index is 931. The largest absolute Gasteiger partial charge is 0.465 e. The Morgan fingerprint density at radius 3 is 1.30 bits per heavy atom. The minimum Gasteiger partial charge on any atom is -0.465 e. The van der Waals surface area contributed by atoms with E-state index in [-0.39, 0.29) is 13.1 Å². The number of esters is 2. The number of hydrogen-bond donors (Lipinski definition) is 0. The van der Waals surface area contributed by atoms with Gasteiger partial charge in [-0.15, -0.1) is 0 Å². The first-order chi connectivity index (χ1) is 14.3. The molecule has 0 saturated carbocycles. The summed E-state index contributed by atoms with van der Waals surface area (Å²) in [4.78, 5) is 61.9. The molecule has 0 bridgehead atoms. The zero-order chi connectivity index (χ0) is 21.8. The second-order valence-electron chi connectivity index (χ2n) is 6.44. The number of amides is 4. The monoisotopic (exact) mass is 410 g/mol. The van der Waals surface area contributed by atoms with Crippen LogP contribution in [0.5, 0.6) is 0 Å². The van der Waals surface area contributed by atoms with Crippen molar-refractivity contribution in [2.75, 3.05) is 14.2 Å². The fourth-order valence-electron chi connectivity index (χ4n) is 2.92. The predicted molar refractivity (Wildman–Crippen MR) is 102 cm³/mol. The van der Waals surface area contributed by atoms with E-state index in [0.29, 0.717) is 22.3 Å². The standard InChI is InChI=1S/C21H18N2O7/c1-29-19(26)15-7-3-13(4-8-15)11-22-17(24)18(25)23(21(22)28)12-14-5-9-16(10-6-14)20(27)30-2/h3-10H,11-12H2,1-2H3. The van der Waals surface area contributed by atoms with Crippen LogP contribution < -0.4 is 0 Å². The van der Waals surface area contributed by atoms with Crippen molar-refractivity contribution in [3.8, 4) is 0 Å². The van der Waals surface area contributed by atoms with Crippen molar-refractivity contribution in [3.63, 3.8) is 0 Å². The topological polar surface area (TPSA) is 110 Å². The number of ether oxygens (including phenoxy) is 2. The molecule has 1 saturated heterocycles. The Morgan fingerprint density at radius 1 is 0.667 bits per heavy atom. The van der Waals surface area contributed by atoms with Crippen LogP contribution in [0.25, 0.3) is 0 Å². The summed E-state index contributed by atoms with van der Waals surface area (Å²) in [6.07, 6.45) is 0. The van der Waals surface area contributed by atoms with Crippen molar-refractivity contribution in [3.05, 3.63) is 70.8 Å². The normalized spacial score (nSPS) is 13.6. The van der Waals surface area contributed by atoms with E-state index in [4.69, 9.17) is 0 Å². The van der Waals surface area contributed by atoms with Gasteiger partial charge in [-0.3, -0.25) is 19.4 Å². The molecule has 1 aliphatic rings. The van der Waals surface area contributed by atoms with Gasteiger partial charge in [-0.1, -0.05) is 24.3 Å². The molecular weight excluding hydrogens is 392 g/mol. The first-order valence-corrected chi connectivity index (χ1v) is 8.87. The fraction of sp³-hybridized carbons (Fsp3) is 0.190. The van der Waals surface area contributed by atoms with Gasteiger partial charge in [-0.05, 0) is 35.4 Å². The molecule has 1 aliphatic heterocycles. The first kappa shape index (κ1) is 20.7. The Morgan fingerprint density at radius 2 is 1.00 bits per heavy atom. The summed E-state index contributed by atoms with van der Waals surface area (Å²) in [6, 6.07) is 11.6. The lowest BCUT2D eigenvalue weighted by Gasteiger charge is -2.16. The average molecular weight is 410 g/mol.